The quantitative estimate of drug-likeness (QED) is 0.525. The van der Waals surface area contributed by atoms with E-state index in [-0.39, 0.29) is 0 Å². The van der Waals surface area contributed by atoms with Crippen LogP contribution in [0.1, 0.15) is 5.56 Å². The van der Waals surface area contributed by atoms with Gasteiger partial charge in [0.2, 0.25) is 0 Å². The molecule has 1 aromatic carbocycles. The molecule has 3 aromatic heterocycles. The summed E-state index contributed by atoms with van der Waals surface area (Å²) in [6.45, 7) is 2.00. The molecule has 0 N–H and O–H groups in total. The molecule has 0 unspecified atom stereocenters. The second-order valence-electron chi connectivity index (χ2n) is 5.10. The lowest BCUT2D eigenvalue weighted by Gasteiger charge is -2.00. The van der Waals surface area contributed by atoms with Gasteiger partial charge in [-0.15, -0.1) is 11.3 Å². The summed E-state index contributed by atoms with van der Waals surface area (Å²) in [5.41, 5.74) is 8.82. The first-order valence-corrected chi connectivity index (χ1v) is 8.04. The van der Waals surface area contributed by atoms with Gasteiger partial charge in [-0.1, -0.05) is 17.7 Å². The third-order valence-corrected chi connectivity index (χ3v) is 4.55. The third kappa shape index (κ3) is 2.30. The number of aryl methyl sites for hydroxylation is 1. The van der Waals surface area contributed by atoms with Crippen LogP contribution < -0.4 is 0 Å². The van der Waals surface area contributed by atoms with E-state index in [0.29, 0.717) is 0 Å². The fourth-order valence-corrected chi connectivity index (χ4v) is 3.02. The van der Waals surface area contributed by atoms with Gasteiger partial charge in [-0.3, -0.25) is 0 Å². The number of pyridine rings is 1. The van der Waals surface area contributed by atoms with Gasteiger partial charge < -0.3 is 4.40 Å². The molecule has 0 bridgehead atoms. The third-order valence-electron chi connectivity index (χ3n) is 3.59. The highest BCUT2D eigenvalue weighted by Crippen LogP contribution is 2.26. The van der Waals surface area contributed by atoms with Crippen LogP contribution in [0.4, 0.5) is 0 Å². The van der Waals surface area contributed by atoms with E-state index in [0.717, 1.165) is 38.7 Å². The van der Waals surface area contributed by atoms with Crippen molar-refractivity contribution in [1.29, 1.82) is 0 Å². The molecule has 0 saturated carbocycles. The largest absolute Gasteiger partial charge is 0.306 e. The van der Waals surface area contributed by atoms with Crippen molar-refractivity contribution in [1.82, 2.24) is 14.4 Å². The Hall–Kier alpha value is -2.17. The molecule has 0 amide bonds. The number of thiazole rings is 1. The van der Waals surface area contributed by atoms with E-state index < -0.39 is 0 Å². The summed E-state index contributed by atoms with van der Waals surface area (Å²) < 4.78 is 2.02. The summed E-state index contributed by atoms with van der Waals surface area (Å²) in [4.78, 5) is 8.90. The van der Waals surface area contributed by atoms with Gasteiger partial charge in [-0.25, -0.2) is 9.97 Å². The lowest BCUT2D eigenvalue weighted by molar-refractivity contribution is 1.18. The summed E-state index contributed by atoms with van der Waals surface area (Å²) in [6.07, 6.45) is 4.06. The zero-order valence-corrected chi connectivity index (χ0v) is 13.3. The van der Waals surface area contributed by atoms with Crippen LogP contribution in [0.5, 0.6) is 0 Å². The van der Waals surface area contributed by atoms with Crippen molar-refractivity contribution < 1.29 is 0 Å². The van der Waals surface area contributed by atoms with Gasteiger partial charge in [0.15, 0.2) is 5.51 Å². The van der Waals surface area contributed by atoms with Crippen molar-refractivity contribution in [3.05, 3.63) is 64.2 Å². The number of fused-ring (bicyclic) bond motifs is 1. The molecule has 3 heterocycles. The van der Waals surface area contributed by atoms with E-state index in [1.807, 2.05) is 53.4 Å². The van der Waals surface area contributed by atoms with Crippen molar-refractivity contribution in [3.63, 3.8) is 0 Å². The van der Waals surface area contributed by atoms with Crippen molar-refractivity contribution >= 4 is 28.6 Å². The number of hydrogen-bond acceptors (Lipinski definition) is 3. The zero-order valence-electron chi connectivity index (χ0n) is 11.7. The number of nitrogens with zero attached hydrogens (tertiary/aromatic N) is 3. The van der Waals surface area contributed by atoms with Gasteiger partial charge in [-0.05, 0) is 36.8 Å². The minimum Gasteiger partial charge on any atom is -0.306 e. The molecule has 107 valence electrons. The minimum absolute atomic E-state index is 0.773. The number of halogens is 1. The van der Waals surface area contributed by atoms with E-state index in [9.17, 15) is 0 Å². The Morgan fingerprint density at radius 1 is 1.09 bits per heavy atom. The van der Waals surface area contributed by atoms with Crippen LogP contribution in [0.3, 0.4) is 0 Å². The van der Waals surface area contributed by atoms with Crippen LogP contribution in [0.15, 0.2) is 48.1 Å². The first-order valence-electron chi connectivity index (χ1n) is 6.78. The van der Waals surface area contributed by atoms with E-state index in [1.165, 1.54) is 11.3 Å². The van der Waals surface area contributed by atoms with Gasteiger partial charge in [0.1, 0.15) is 5.65 Å². The molecule has 4 aromatic rings. The summed E-state index contributed by atoms with van der Waals surface area (Å²) in [7, 11) is 0. The number of aromatic nitrogens is 3. The van der Waals surface area contributed by atoms with Gasteiger partial charge in [0.25, 0.3) is 0 Å². The summed E-state index contributed by atoms with van der Waals surface area (Å²) >= 11 is 7.56. The molecule has 22 heavy (non-hydrogen) atoms. The van der Waals surface area contributed by atoms with Crippen molar-refractivity contribution in [3.8, 4) is 22.5 Å². The molecule has 1 radical (unpaired) electrons. The smallest absolute Gasteiger partial charge is 0.152 e. The van der Waals surface area contributed by atoms with Crippen LogP contribution in [0.25, 0.3) is 28.2 Å². The highest BCUT2D eigenvalue weighted by Gasteiger charge is 2.08. The summed E-state index contributed by atoms with van der Waals surface area (Å²) in [5, 5.41) is 2.76. The average molecular weight is 325 g/mol. The Kier molecular flexibility index (Phi) is 3.21. The molecule has 0 aliphatic rings. The van der Waals surface area contributed by atoms with E-state index >= 15 is 0 Å². The highest BCUT2D eigenvalue weighted by molar-refractivity contribution is 7.07. The van der Waals surface area contributed by atoms with Crippen LogP contribution in [0, 0.1) is 12.4 Å². The minimum atomic E-state index is 0.773. The fourth-order valence-electron chi connectivity index (χ4n) is 2.40. The Morgan fingerprint density at radius 3 is 2.73 bits per heavy atom. The molecule has 0 fully saturated rings. The summed E-state index contributed by atoms with van der Waals surface area (Å²) in [5.74, 6) is 0. The Bertz CT molecular complexity index is 957. The number of hydrogen-bond donors (Lipinski definition) is 0. The maximum atomic E-state index is 6.09. The van der Waals surface area contributed by atoms with Gasteiger partial charge in [0.05, 0.1) is 11.4 Å². The maximum absolute atomic E-state index is 6.09. The lowest BCUT2D eigenvalue weighted by Crippen LogP contribution is -1.85. The predicted molar refractivity (Wildman–Crippen MR) is 90.3 cm³/mol. The molecular formula is C17H11ClN3S. The second kappa shape index (κ2) is 5.23. The number of rotatable bonds is 2. The molecule has 5 heteroatoms. The Balaban J connectivity index is 1.81. The zero-order chi connectivity index (χ0) is 15.1. The van der Waals surface area contributed by atoms with Crippen LogP contribution in [0.2, 0.25) is 5.02 Å². The number of imidazole rings is 1. The maximum Gasteiger partial charge on any atom is 0.152 e. The van der Waals surface area contributed by atoms with Crippen molar-refractivity contribution in [2.24, 2.45) is 0 Å². The topological polar surface area (TPSA) is 30.2 Å². The Morgan fingerprint density at radius 2 is 1.95 bits per heavy atom. The van der Waals surface area contributed by atoms with Crippen LogP contribution >= 0.6 is 22.9 Å². The molecule has 4 rings (SSSR count). The van der Waals surface area contributed by atoms with Crippen LogP contribution in [-0.2, 0) is 0 Å². The lowest BCUT2D eigenvalue weighted by atomic mass is 10.1. The monoisotopic (exact) mass is 324 g/mol. The molecule has 0 aliphatic carbocycles. The van der Waals surface area contributed by atoms with Gasteiger partial charge >= 0.3 is 0 Å². The predicted octanol–water partition coefficient (Wildman–Crippen LogP) is 4.89. The molecule has 0 aliphatic heterocycles. The fraction of sp³-hybridized carbons (Fsp3) is 0.0588. The standard InChI is InChI=1S/C17H11ClN3S/c1-11-6-12(2-4-14(11)18)15-8-21-7-13(3-5-17(21)20-15)16-9-22-10-19-16/h2-9H,1H3. The van der Waals surface area contributed by atoms with E-state index in [4.69, 9.17) is 11.6 Å². The number of benzene rings is 1. The van der Waals surface area contributed by atoms with Gasteiger partial charge in [-0.2, -0.15) is 0 Å². The first-order chi connectivity index (χ1) is 10.7. The molecule has 0 atom stereocenters. The molecule has 0 saturated heterocycles. The van der Waals surface area contributed by atoms with Crippen molar-refractivity contribution in [2.45, 2.75) is 6.92 Å². The van der Waals surface area contributed by atoms with E-state index in [2.05, 4.69) is 21.5 Å². The highest BCUT2D eigenvalue weighted by atomic mass is 35.5. The Labute approximate surface area is 136 Å². The normalized spacial score (nSPS) is 11.2. The molecule has 3 nitrogen and oxygen atoms in total. The molecular weight excluding hydrogens is 314 g/mol. The van der Waals surface area contributed by atoms with Gasteiger partial charge in [0, 0.05) is 33.9 Å². The SMILES string of the molecule is Cc1cc(-c2cn3cc(-c4cs[c]n4)ccc3n2)ccc1Cl. The van der Waals surface area contributed by atoms with E-state index in [1.54, 1.807) is 0 Å². The second-order valence-corrected chi connectivity index (χ2v) is 6.16. The van der Waals surface area contributed by atoms with Crippen molar-refractivity contribution in [2.75, 3.05) is 0 Å². The first kappa shape index (κ1) is 13.5. The van der Waals surface area contributed by atoms with Crippen LogP contribution in [-0.4, -0.2) is 14.4 Å². The summed E-state index contributed by atoms with van der Waals surface area (Å²) in [6, 6.07) is 9.99. The average Bonchev–Trinajstić information content (AvgIpc) is 3.17. The molecule has 0 spiro atoms.